The summed E-state index contributed by atoms with van der Waals surface area (Å²) < 4.78 is 17.1. The molecule has 0 heterocycles. The molecule has 51 heavy (non-hydrogen) atoms. The monoisotopic (exact) mass is 721 g/mol. The number of esters is 2. The van der Waals surface area contributed by atoms with Gasteiger partial charge < -0.3 is 23.8 Å². The van der Waals surface area contributed by atoms with E-state index in [1.54, 1.807) is 0 Å². The third kappa shape index (κ3) is 33.2. The number of carboxylic acid groups (broad SMARTS) is 1. The normalized spacial score (nSPS) is 13.4. The Labute approximate surface area is 313 Å². The standard InChI is InChI=1S/C43H77NO7/c1-6-8-10-12-14-15-16-17-18-19-20-21-22-23-24-25-26-28-30-32-34-42(46)51-39(37-49-36-35-40(43(47)48)44(3,4)5)38-50-41(45)33-31-29-27-13-11-9-7-2/h15-18,27,29,39-40H,6-14,19-26,28,30-38H2,1-5H3/p+1/b16-15+,18-17+,29-27+. The third-order valence-corrected chi connectivity index (χ3v) is 9.05. The predicted octanol–water partition coefficient (Wildman–Crippen LogP) is 10.7. The van der Waals surface area contributed by atoms with E-state index < -0.39 is 18.1 Å². The van der Waals surface area contributed by atoms with Crippen molar-refractivity contribution in [3.8, 4) is 0 Å². The average Bonchev–Trinajstić information content (AvgIpc) is 3.08. The van der Waals surface area contributed by atoms with E-state index in [1.165, 1.54) is 96.3 Å². The van der Waals surface area contributed by atoms with Gasteiger partial charge in [0, 0.05) is 19.3 Å². The number of aliphatic carboxylic acids is 1. The highest BCUT2D eigenvalue weighted by Crippen LogP contribution is 2.14. The number of unbranched alkanes of at least 4 members (excludes halogenated alkanes) is 17. The Kier molecular flexibility index (Phi) is 33.0. The molecule has 2 unspecified atom stereocenters. The number of rotatable bonds is 36. The minimum absolute atomic E-state index is 0.0487. The van der Waals surface area contributed by atoms with Crippen LogP contribution in [-0.4, -0.2) is 80.6 Å². The van der Waals surface area contributed by atoms with Crippen molar-refractivity contribution in [3.63, 3.8) is 0 Å². The van der Waals surface area contributed by atoms with Crippen LogP contribution in [0, 0.1) is 0 Å². The molecule has 0 bridgehead atoms. The van der Waals surface area contributed by atoms with Crippen molar-refractivity contribution in [2.24, 2.45) is 0 Å². The summed E-state index contributed by atoms with van der Waals surface area (Å²) in [5.74, 6) is -1.54. The maximum absolute atomic E-state index is 12.7. The van der Waals surface area contributed by atoms with E-state index >= 15 is 0 Å². The van der Waals surface area contributed by atoms with Crippen LogP contribution in [0.3, 0.4) is 0 Å². The molecule has 0 aliphatic rings. The first-order valence-corrected chi connectivity index (χ1v) is 20.5. The second kappa shape index (κ2) is 34.6. The van der Waals surface area contributed by atoms with Gasteiger partial charge in [0.1, 0.15) is 6.61 Å². The van der Waals surface area contributed by atoms with Crippen LogP contribution in [-0.2, 0) is 28.6 Å². The number of carboxylic acids is 1. The zero-order valence-corrected chi connectivity index (χ0v) is 33.6. The van der Waals surface area contributed by atoms with Crippen LogP contribution in [0.25, 0.3) is 0 Å². The summed E-state index contributed by atoms with van der Waals surface area (Å²) in [6.07, 6.45) is 37.9. The molecule has 8 nitrogen and oxygen atoms in total. The molecule has 0 saturated heterocycles. The van der Waals surface area contributed by atoms with Gasteiger partial charge in [-0.15, -0.1) is 0 Å². The van der Waals surface area contributed by atoms with E-state index in [-0.39, 0.29) is 42.7 Å². The summed E-state index contributed by atoms with van der Waals surface area (Å²) in [6.45, 7) is 4.60. The van der Waals surface area contributed by atoms with E-state index in [1.807, 2.05) is 27.2 Å². The molecule has 1 N–H and O–H groups in total. The fourth-order valence-corrected chi connectivity index (χ4v) is 5.80. The summed E-state index contributed by atoms with van der Waals surface area (Å²) in [4.78, 5) is 36.7. The summed E-state index contributed by atoms with van der Waals surface area (Å²) in [7, 11) is 5.50. The first-order valence-electron chi connectivity index (χ1n) is 20.5. The number of likely N-dealkylation sites (N-methyl/N-ethyl adjacent to an activating group) is 1. The molecule has 0 fully saturated rings. The molecule has 296 valence electrons. The van der Waals surface area contributed by atoms with Gasteiger partial charge in [0.25, 0.3) is 0 Å². The quantitative estimate of drug-likeness (QED) is 0.0226. The Morgan fingerprint density at radius 1 is 0.588 bits per heavy atom. The third-order valence-electron chi connectivity index (χ3n) is 9.05. The fraction of sp³-hybridized carbons (Fsp3) is 0.791. The maximum Gasteiger partial charge on any atom is 0.362 e. The molecule has 0 spiro atoms. The molecular weight excluding hydrogens is 642 g/mol. The van der Waals surface area contributed by atoms with Gasteiger partial charge in [-0.1, -0.05) is 134 Å². The van der Waals surface area contributed by atoms with E-state index in [0.717, 1.165) is 32.1 Å². The lowest BCUT2D eigenvalue weighted by atomic mass is 10.1. The average molecular weight is 721 g/mol. The largest absolute Gasteiger partial charge is 0.477 e. The minimum atomic E-state index is -0.881. The summed E-state index contributed by atoms with van der Waals surface area (Å²) >= 11 is 0. The number of quaternary nitrogens is 1. The number of allylic oxidation sites excluding steroid dienone is 6. The van der Waals surface area contributed by atoms with E-state index in [4.69, 9.17) is 14.2 Å². The molecule has 0 rings (SSSR count). The van der Waals surface area contributed by atoms with Crippen LogP contribution < -0.4 is 0 Å². The number of carbonyl (C=O) groups excluding carboxylic acids is 2. The molecule has 0 amide bonds. The van der Waals surface area contributed by atoms with Gasteiger partial charge in [0.15, 0.2) is 12.1 Å². The lowest BCUT2D eigenvalue weighted by Crippen LogP contribution is -2.50. The highest BCUT2D eigenvalue weighted by atomic mass is 16.6. The van der Waals surface area contributed by atoms with Gasteiger partial charge in [0.2, 0.25) is 0 Å². The first kappa shape index (κ1) is 48.5. The summed E-state index contributed by atoms with van der Waals surface area (Å²) in [5, 5.41) is 9.57. The first-order chi connectivity index (χ1) is 24.6. The topological polar surface area (TPSA) is 99.1 Å². The van der Waals surface area contributed by atoms with Gasteiger partial charge in [-0.2, -0.15) is 0 Å². The van der Waals surface area contributed by atoms with Gasteiger partial charge >= 0.3 is 17.9 Å². The molecule has 0 saturated carbocycles. The Morgan fingerprint density at radius 3 is 1.65 bits per heavy atom. The number of ether oxygens (including phenoxy) is 3. The van der Waals surface area contributed by atoms with Crippen molar-refractivity contribution in [1.29, 1.82) is 0 Å². The predicted molar refractivity (Wildman–Crippen MR) is 211 cm³/mol. The number of carbonyl (C=O) groups is 3. The van der Waals surface area contributed by atoms with Crippen molar-refractivity contribution < 1.29 is 38.2 Å². The lowest BCUT2D eigenvalue weighted by molar-refractivity contribution is -0.887. The maximum atomic E-state index is 12.7. The highest BCUT2D eigenvalue weighted by Gasteiger charge is 2.31. The Morgan fingerprint density at radius 2 is 1.08 bits per heavy atom. The molecule has 2 atom stereocenters. The second-order valence-electron chi connectivity index (χ2n) is 14.9. The zero-order chi connectivity index (χ0) is 37.8. The highest BCUT2D eigenvalue weighted by molar-refractivity contribution is 5.72. The van der Waals surface area contributed by atoms with Gasteiger partial charge in [-0.05, 0) is 51.4 Å². The van der Waals surface area contributed by atoms with Gasteiger partial charge in [-0.25, -0.2) is 4.79 Å². The van der Waals surface area contributed by atoms with Gasteiger partial charge in [0.05, 0.1) is 34.4 Å². The van der Waals surface area contributed by atoms with E-state index in [0.29, 0.717) is 19.3 Å². The molecule has 0 aliphatic carbocycles. The number of hydrogen-bond donors (Lipinski definition) is 1. The Hall–Kier alpha value is -2.45. The van der Waals surface area contributed by atoms with Gasteiger partial charge in [-0.3, -0.25) is 9.59 Å². The van der Waals surface area contributed by atoms with Crippen molar-refractivity contribution >= 4 is 17.9 Å². The molecule has 0 aromatic rings. The minimum Gasteiger partial charge on any atom is -0.477 e. The molecule has 0 aliphatic heterocycles. The smallest absolute Gasteiger partial charge is 0.362 e. The van der Waals surface area contributed by atoms with Crippen LogP contribution in [0.4, 0.5) is 0 Å². The molecule has 8 heteroatoms. The van der Waals surface area contributed by atoms with Crippen LogP contribution in [0.2, 0.25) is 0 Å². The summed E-state index contributed by atoms with van der Waals surface area (Å²) in [6, 6.07) is -0.617. The second-order valence-corrected chi connectivity index (χ2v) is 14.9. The van der Waals surface area contributed by atoms with Crippen molar-refractivity contribution in [1.82, 2.24) is 0 Å². The van der Waals surface area contributed by atoms with Crippen LogP contribution in [0.5, 0.6) is 0 Å². The Balaban J connectivity index is 4.27. The van der Waals surface area contributed by atoms with Crippen LogP contribution in [0.15, 0.2) is 36.5 Å². The van der Waals surface area contributed by atoms with E-state index in [9.17, 15) is 19.5 Å². The zero-order valence-electron chi connectivity index (χ0n) is 33.6. The molecular formula is C43H78NO7+. The molecule has 0 aromatic carbocycles. The fourth-order valence-electron chi connectivity index (χ4n) is 5.80. The molecule has 0 radical (unpaired) electrons. The van der Waals surface area contributed by atoms with Crippen molar-refractivity contribution in [2.45, 2.75) is 180 Å². The van der Waals surface area contributed by atoms with Crippen molar-refractivity contribution in [3.05, 3.63) is 36.5 Å². The Bertz CT molecular complexity index is 937. The SMILES string of the molecule is CCCCC/C=C/CCC(=O)OCC(COCCC(C(=O)O)[N+](C)(C)C)OC(=O)CCCCCCCCCCCC/C=C/C=C/CCCCCC. The van der Waals surface area contributed by atoms with Crippen LogP contribution in [0.1, 0.15) is 168 Å². The van der Waals surface area contributed by atoms with E-state index in [2.05, 4.69) is 44.2 Å². The lowest BCUT2D eigenvalue weighted by Gasteiger charge is -2.31. The number of nitrogens with zero attached hydrogens (tertiary/aromatic N) is 1. The number of hydrogen-bond acceptors (Lipinski definition) is 6. The van der Waals surface area contributed by atoms with Crippen LogP contribution >= 0.6 is 0 Å². The van der Waals surface area contributed by atoms with Crippen molar-refractivity contribution in [2.75, 3.05) is 41.0 Å². The summed E-state index contributed by atoms with van der Waals surface area (Å²) in [5.41, 5.74) is 0. The molecule has 0 aromatic heterocycles.